The van der Waals surface area contributed by atoms with Crippen LogP contribution in [0.3, 0.4) is 0 Å². The molecule has 2 aromatic rings. The number of nitrogen functional groups attached to an aromatic ring is 1. The highest BCUT2D eigenvalue weighted by Crippen LogP contribution is 2.21. The molecule has 0 saturated heterocycles. The Bertz CT molecular complexity index is 627. The van der Waals surface area contributed by atoms with Crippen molar-refractivity contribution in [1.29, 1.82) is 0 Å². The Morgan fingerprint density at radius 2 is 1.96 bits per heavy atom. The molecule has 0 radical (unpaired) electrons. The number of nitrogens with one attached hydrogen (secondary N) is 1. The van der Waals surface area contributed by atoms with E-state index in [2.05, 4.69) is 70.6 Å². The molecule has 0 saturated carbocycles. The Balaban J connectivity index is 2.02. The predicted molar refractivity (Wildman–Crippen MR) is 94.8 cm³/mol. The summed E-state index contributed by atoms with van der Waals surface area (Å²) < 4.78 is 4.18. The molecule has 1 aromatic heterocycles. The highest BCUT2D eigenvalue weighted by atomic mass is 15.4. The van der Waals surface area contributed by atoms with E-state index in [9.17, 15) is 0 Å². The monoisotopic (exact) mass is 318 g/mol. The van der Waals surface area contributed by atoms with Gasteiger partial charge in [-0.1, -0.05) is 0 Å². The summed E-state index contributed by atoms with van der Waals surface area (Å²) in [6.45, 7) is 4.21. The highest BCUT2D eigenvalue weighted by molar-refractivity contribution is 5.59. The lowest BCUT2D eigenvalue weighted by Crippen LogP contribution is -2.86. The van der Waals surface area contributed by atoms with Crippen molar-refractivity contribution in [2.75, 3.05) is 44.6 Å². The lowest BCUT2D eigenvalue weighted by Gasteiger charge is -2.22. The SMILES string of the molecule is Cc1cc(N(C)CCN(C)C)ccc1N[NH2+]c1n(C)cc[n+]1C. The van der Waals surface area contributed by atoms with Gasteiger partial charge >= 0.3 is 5.95 Å². The standard InChI is InChI=1S/C17H28N6/c1-14-13-15(21(4)10-9-20(2)3)7-8-16(14)18-19-17-22(5)11-12-23(17)6/h7-8,11-13,18H,9-10H2,1-6H3/p+2. The minimum atomic E-state index is 1.02. The van der Waals surface area contributed by atoms with Gasteiger partial charge in [0.15, 0.2) is 0 Å². The zero-order valence-corrected chi connectivity index (χ0v) is 15.2. The molecule has 23 heavy (non-hydrogen) atoms. The van der Waals surface area contributed by atoms with Crippen molar-refractivity contribution >= 4 is 17.3 Å². The van der Waals surface area contributed by atoms with E-state index in [1.807, 2.05) is 31.9 Å². The van der Waals surface area contributed by atoms with Gasteiger partial charge in [0.2, 0.25) is 0 Å². The highest BCUT2D eigenvalue weighted by Gasteiger charge is 2.16. The van der Waals surface area contributed by atoms with Crippen LogP contribution in [0, 0.1) is 6.92 Å². The summed E-state index contributed by atoms with van der Waals surface area (Å²) in [5.74, 6) is 1.12. The molecule has 0 aliphatic carbocycles. The number of quaternary nitrogens is 1. The van der Waals surface area contributed by atoms with Crippen LogP contribution in [-0.4, -0.2) is 43.7 Å². The number of rotatable bonds is 7. The quantitative estimate of drug-likeness (QED) is 0.441. The molecule has 1 aromatic carbocycles. The van der Waals surface area contributed by atoms with Gasteiger partial charge in [-0.05, 0) is 44.8 Å². The third kappa shape index (κ3) is 4.46. The minimum Gasteiger partial charge on any atom is -0.373 e. The maximum atomic E-state index is 3.42. The Kier molecular flexibility index (Phi) is 5.63. The molecule has 0 unspecified atom stereocenters. The molecule has 0 amide bonds. The lowest BCUT2D eigenvalue weighted by atomic mass is 10.1. The molecule has 6 heteroatoms. The van der Waals surface area contributed by atoms with E-state index in [0.717, 1.165) is 24.7 Å². The molecule has 3 N–H and O–H groups in total. The van der Waals surface area contributed by atoms with Crippen LogP contribution in [0.15, 0.2) is 30.6 Å². The molecule has 1 heterocycles. The number of likely N-dealkylation sites (N-methyl/N-ethyl adjacent to an activating group) is 2. The van der Waals surface area contributed by atoms with Crippen LogP contribution in [-0.2, 0) is 14.1 Å². The number of benzene rings is 1. The van der Waals surface area contributed by atoms with Gasteiger partial charge < -0.3 is 9.80 Å². The molecule has 0 bridgehead atoms. The van der Waals surface area contributed by atoms with Crippen molar-refractivity contribution in [2.45, 2.75) is 6.92 Å². The first-order chi connectivity index (χ1) is 10.9. The van der Waals surface area contributed by atoms with Crippen LogP contribution in [0.25, 0.3) is 0 Å². The number of anilines is 2. The molecule has 2 rings (SSSR count). The van der Waals surface area contributed by atoms with E-state index >= 15 is 0 Å². The van der Waals surface area contributed by atoms with Gasteiger partial charge in [0.1, 0.15) is 12.4 Å². The average Bonchev–Trinajstić information content (AvgIpc) is 2.82. The molecule has 0 aliphatic rings. The van der Waals surface area contributed by atoms with Crippen molar-refractivity contribution in [3.63, 3.8) is 0 Å². The number of hydrogen-bond donors (Lipinski definition) is 2. The van der Waals surface area contributed by atoms with E-state index < -0.39 is 0 Å². The van der Waals surface area contributed by atoms with Gasteiger partial charge in [0, 0.05) is 25.8 Å². The summed E-state index contributed by atoms with van der Waals surface area (Å²) in [6, 6.07) is 6.55. The third-order valence-corrected chi connectivity index (χ3v) is 4.13. The molecule has 0 spiro atoms. The first-order valence-electron chi connectivity index (χ1n) is 7.95. The van der Waals surface area contributed by atoms with Crippen LogP contribution < -0.4 is 20.3 Å². The van der Waals surface area contributed by atoms with Crippen molar-refractivity contribution in [3.8, 4) is 0 Å². The van der Waals surface area contributed by atoms with Crippen LogP contribution in [0.2, 0.25) is 0 Å². The molecular formula is C17H30N6+2. The van der Waals surface area contributed by atoms with Gasteiger partial charge in [0.05, 0.1) is 19.8 Å². The van der Waals surface area contributed by atoms with E-state index in [1.54, 1.807) is 0 Å². The fourth-order valence-corrected chi connectivity index (χ4v) is 2.47. The minimum absolute atomic E-state index is 1.02. The molecule has 0 atom stereocenters. The van der Waals surface area contributed by atoms with Crippen LogP contribution in [0.5, 0.6) is 0 Å². The van der Waals surface area contributed by atoms with Gasteiger partial charge in [-0.25, -0.2) is 5.43 Å². The fourth-order valence-electron chi connectivity index (χ4n) is 2.47. The second kappa shape index (κ2) is 7.48. The van der Waals surface area contributed by atoms with E-state index in [1.165, 1.54) is 11.3 Å². The van der Waals surface area contributed by atoms with Crippen molar-refractivity contribution in [2.24, 2.45) is 14.1 Å². The summed E-state index contributed by atoms with van der Waals surface area (Å²) in [5, 5.41) is 0. The topological polar surface area (TPSA) is 43.9 Å². The van der Waals surface area contributed by atoms with Crippen molar-refractivity contribution in [1.82, 2.24) is 9.47 Å². The van der Waals surface area contributed by atoms with Gasteiger partial charge in [-0.2, -0.15) is 9.13 Å². The predicted octanol–water partition coefficient (Wildman–Crippen LogP) is 0.378. The zero-order valence-electron chi connectivity index (χ0n) is 15.2. The number of hydrogen-bond acceptors (Lipinski definition) is 3. The summed E-state index contributed by atoms with van der Waals surface area (Å²) in [7, 11) is 10.4. The van der Waals surface area contributed by atoms with Gasteiger partial charge in [0.25, 0.3) is 0 Å². The zero-order chi connectivity index (χ0) is 17.0. The molecule has 0 aliphatic heterocycles. The maximum Gasteiger partial charge on any atom is 0.476 e. The third-order valence-electron chi connectivity index (χ3n) is 4.13. The number of aromatic nitrogens is 2. The Labute approximate surface area is 139 Å². The van der Waals surface area contributed by atoms with Crippen molar-refractivity contribution < 1.29 is 9.99 Å². The largest absolute Gasteiger partial charge is 0.476 e. The second-order valence-corrected chi connectivity index (χ2v) is 6.39. The normalized spacial score (nSPS) is 11.1. The summed E-state index contributed by atoms with van der Waals surface area (Å²) in [5.41, 5.74) is 9.09. The summed E-state index contributed by atoms with van der Waals surface area (Å²) >= 11 is 0. The Morgan fingerprint density at radius 1 is 1.22 bits per heavy atom. The second-order valence-electron chi connectivity index (χ2n) is 6.39. The number of nitrogens with zero attached hydrogens (tertiary/aromatic N) is 4. The smallest absolute Gasteiger partial charge is 0.373 e. The molecule has 126 valence electrons. The van der Waals surface area contributed by atoms with Crippen LogP contribution in [0.1, 0.15) is 5.56 Å². The first kappa shape index (κ1) is 17.3. The lowest BCUT2D eigenvalue weighted by molar-refractivity contribution is -0.753. The maximum absolute atomic E-state index is 3.42. The summed E-state index contributed by atoms with van der Waals surface area (Å²) in [4.78, 5) is 4.49. The number of nitrogens with two attached hydrogens (primary N) is 1. The van der Waals surface area contributed by atoms with Crippen LogP contribution >= 0.6 is 0 Å². The first-order valence-corrected chi connectivity index (χ1v) is 7.95. The van der Waals surface area contributed by atoms with Crippen LogP contribution in [0.4, 0.5) is 17.3 Å². The van der Waals surface area contributed by atoms with Gasteiger partial charge in [-0.15, -0.1) is 5.43 Å². The Morgan fingerprint density at radius 3 is 2.52 bits per heavy atom. The van der Waals surface area contributed by atoms with E-state index in [4.69, 9.17) is 0 Å². The van der Waals surface area contributed by atoms with E-state index in [-0.39, 0.29) is 0 Å². The molecule has 6 nitrogen and oxygen atoms in total. The van der Waals surface area contributed by atoms with Gasteiger partial charge in [-0.3, -0.25) is 0 Å². The number of imidazole rings is 1. The van der Waals surface area contributed by atoms with E-state index in [0.29, 0.717) is 0 Å². The molecular weight excluding hydrogens is 288 g/mol. The molecule has 0 fully saturated rings. The number of aryl methyl sites for hydroxylation is 3. The Hall–Kier alpha value is -2.05. The fraction of sp³-hybridized carbons (Fsp3) is 0.471. The summed E-state index contributed by atoms with van der Waals surface area (Å²) in [6.07, 6.45) is 4.09. The van der Waals surface area contributed by atoms with Crippen molar-refractivity contribution in [3.05, 3.63) is 36.2 Å². The average molecular weight is 318 g/mol.